The smallest absolute Gasteiger partial charge is 0.172 e. The maximum Gasteiger partial charge on any atom is 0.172 e. The highest BCUT2D eigenvalue weighted by molar-refractivity contribution is 6.02. The Balaban J connectivity index is 2.33. The van der Waals surface area contributed by atoms with Gasteiger partial charge in [-0.2, -0.15) is 0 Å². The minimum absolute atomic E-state index is 0.126. The van der Waals surface area contributed by atoms with Gasteiger partial charge in [0.15, 0.2) is 5.84 Å². The Kier molecular flexibility index (Phi) is 3.72. The zero-order valence-corrected chi connectivity index (χ0v) is 10.5. The fourth-order valence-electron chi connectivity index (χ4n) is 2.39. The highest BCUT2D eigenvalue weighted by Crippen LogP contribution is 2.27. The lowest BCUT2D eigenvalue weighted by Gasteiger charge is -2.22. The molecule has 1 aromatic carbocycles. The number of aliphatic hydroxyl groups is 1. The summed E-state index contributed by atoms with van der Waals surface area (Å²) in [6.45, 7) is 3.88. The molecule has 0 aromatic heterocycles. The first-order valence-corrected chi connectivity index (χ1v) is 6.10. The van der Waals surface area contributed by atoms with Crippen molar-refractivity contribution in [2.24, 2.45) is 16.8 Å². The van der Waals surface area contributed by atoms with Crippen LogP contribution in [-0.2, 0) is 0 Å². The van der Waals surface area contributed by atoms with Gasteiger partial charge in [0.1, 0.15) is 0 Å². The van der Waals surface area contributed by atoms with Crippen LogP contribution >= 0.6 is 0 Å². The number of hydrogen-bond acceptors (Lipinski definition) is 4. The molecule has 1 aliphatic heterocycles. The maximum atomic E-state index is 9.18. The molecule has 1 atom stereocenters. The highest BCUT2D eigenvalue weighted by Gasteiger charge is 2.24. The Hall–Kier alpha value is -1.75. The summed E-state index contributed by atoms with van der Waals surface area (Å²) in [6.07, 6.45) is 0.972. The SMILES string of the molecule is Cc1ccc(N2CCC(CO)C2)c(/C(N)=N/O)c1. The molecule has 0 aliphatic carbocycles. The van der Waals surface area contributed by atoms with E-state index < -0.39 is 0 Å². The Morgan fingerprint density at radius 1 is 1.56 bits per heavy atom. The molecule has 1 fully saturated rings. The summed E-state index contributed by atoms with van der Waals surface area (Å²) in [7, 11) is 0. The standard InChI is InChI=1S/C13H19N3O2/c1-9-2-3-12(11(6-9)13(14)15-18)16-5-4-10(7-16)8-17/h2-3,6,10,17-18H,4-5,7-8H2,1H3,(H2,14,15). The number of rotatable bonds is 3. The van der Waals surface area contributed by atoms with E-state index in [0.717, 1.165) is 36.3 Å². The second-order valence-corrected chi connectivity index (χ2v) is 4.79. The van der Waals surface area contributed by atoms with Crippen LogP contribution in [0.25, 0.3) is 0 Å². The lowest BCUT2D eigenvalue weighted by atomic mass is 10.1. The monoisotopic (exact) mass is 249 g/mol. The summed E-state index contributed by atoms with van der Waals surface area (Å²) in [5, 5.41) is 21.1. The number of anilines is 1. The molecule has 0 spiro atoms. The third-order valence-corrected chi connectivity index (χ3v) is 3.42. The van der Waals surface area contributed by atoms with Crippen LogP contribution in [0.15, 0.2) is 23.4 Å². The Morgan fingerprint density at radius 2 is 2.33 bits per heavy atom. The summed E-state index contributed by atoms with van der Waals surface area (Å²) in [6, 6.07) is 5.91. The predicted octanol–water partition coefficient (Wildman–Crippen LogP) is 0.908. The van der Waals surface area contributed by atoms with Crippen LogP contribution < -0.4 is 10.6 Å². The number of nitrogens with two attached hydrogens (primary N) is 1. The first kappa shape index (κ1) is 12.7. The molecule has 18 heavy (non-hydrogen) atoms. The zero-order chi connectivity index (χ0) is 13.1. The molecule has 5 heteroatoms. The maximum absolute atomic E-state index is 9.18. The van der Waals surface area contributed by atoms with Crippen molar-refractivity contribution in [3.05, 3.63) is 29.3 Å². The molecule has 1 heterocycles. The molecule has 1 unspecified atom stereocenters. The minimum Gasteiger partial charge on any atom is -0.409 e. The van der Waals surface area contributed by atoms with Gasteiger partial charge in [-0.05, 0) is 25.5 Å². The molecular formula is C13H19N3O2. The van der Waals surface area contributed by atoms with Gasteiger partial charge in [-0.1, -0.05) is 16.8 Å². The molecule has 98 valence electrons. The van der Waals surface area contributed by atoms with E-state index in [1.54, 1.807) is 0 Å². The number of aryl methyl sites for hydroxylation is 1. The summed E-state index contributed by atoms with van der Waals surface area (Å²) in [4.78, 5) is 2.17. The van der Waals surface area contributed by atoms with Crippen LogP contribution in [0.3, 0.4) is 0 Å². The molecular weight excluding hydrogens is 230 g/mol. The zero-order valence-electron chi connectivity index (χ0n) is 10.5. The molecule has 1 saturated heterocycles. The second kappa shape index (κ2) is 5.27. The van der Waals surface area contributed by atoms with Gasteiger partial charge in [-0.25, -0.2) is 0 Å². The molecule has 5 nitrogen and oxygen atoms in total. The van der Waals surface area contributed by atoms with Gasteiger partial charge in [0, 0.05) is 36.9 Å². The predicted molar refractivity (Wildman–Crippen MR) is 71.1 cm³/mol. The molecule has 1 aliphatic rings. The normalized spacial score (nSPS) is 20.4. The summed E-state index contributed by atoms with van der Waals surface area (Å²) in [5.41, 5.74) is 8.50. The van der Waals surface area contributed by atoms with Crippen molar-refractivity contribution in [2.75, 3.05) is 24.6 Å². The number of amidine groups is 1. The van der Waals surface area contributed by atoms with E-state index in [-0.39, 0.29) is 12.4 Å². The Labute approximate surface area is 107 Å². The van der Waals surface area contributed by atoms with Crippen molar-refractivity contribution < 1.29 is 10.3 Å². The van der Waals surface area contributed by atoms with Gasteiger partial charge in [0.05, 0.1) is 0 Å². The summed E-state index contributed by atoms with van der Waals surface area (Å²) >= 11 is 0. The fraction of sp³-hybridized carbons (Fsp3) is 0.462. The summed E-state index contributed by atoms with van der Waals surface area (Å²) < 4.78 is 0. The van der Waals surface area contributed by atoms with Crippen molar-refractivity contribution in [3.8, 4) is 0 Å². The van der Waals surface area contributed by atoms with E-state index in [4.69, 9.17) is 10.9 Å². The highest BCUT2D eigenvalue weighted by atomic mass is 16.4. The first-order valence-electron chi connectivity index (χ1n) is 6.10. The van der Waals surface area contributed by atoms with Crippen molar-refractivity contribution in [2.45, 2.75) is 13.3 Å². The quantitative estimate of drug-likeness (QED) is 0.322. The lowest BCUT2D eigenvalue weighted by molar-refractivity contribution is 0.238. The van der Waals surface area contributed by atoms with Crippen LogP contribution in [0, 0.1) is 12.8 Å². The van der Waals surface area contributed by atoms with E-state index in [2.05, 4.69) is 10.1 Å². The van der Waals surface area contributed by atoms with Crippen molar-refractivity contribution in [1.82, 2.24) is 0 Å². The number of nitrogens with zero attached hydrogens (tertiary/aromatic N) is 2. The van der Waals surface area contributed by atoms with Gasteiger partial charge in [0.2, 0.25) is 0 Å². The molecule has 4 N–H and O–H groups in total. The topological polar surface area (TPSA) is 82.1 Å². The van der Waals surface area contributed by atoms with Crippen LogP contribution in [0.1, 0.15) is 17.5 Å². The van der Waals surface area contributed by atoms with Crippen molar-refractivity contribution in [3.63, 3.8) is 0 Å². The number of oxime groups is 1. The first-order chi connectivity index (χ1) is 8.65. The van der Waals surface area contributed by atoms with Gasteiger partial charge >= 0.3 is 0 Å². The van der Waals surface area contributed by atoms with E-state index in [9.17, 15) is 5.11 Å². The molecule has 0 amide bonds. The average molecular weight is 249 g/mol. The third-order valence-electron chi connectivity index (χ3n) is 3.42. The van der Waals surface area contributed by atoms with Crippen LogP contribution in [0.4, 0.5) is 5.69 Å². The lowest BCUT2D eigenvalue weighted by Crippen LogP contribution is -2.25. The largest absolute Gasteiger partial charge is 0.409 e. The van der Waals surface area contributed by atoms with Crippen LogP contribution in [0.2, 0.25) is 0 Å². The number of benzene rings is 1. The number of aliphatic hydroxyl groups excluding tert-OH is 1. The molecule has 1 aromatic rings. The van der Waals surface area contributed by atoms with Crippen LogP contribution in [-0.4, -0.2) is 35.8 Å². The third kappa shape index (κ3) is 2.41. The van der Waals surface area contributed by atoms with E-state index in [1.165, 1.54) is 0 Å². The molecule has 0 saturated carbocycles. The number of hydrogen-bond donors (Lipinski definition) is 3. The molecule has 2 rings (SSSR count). The van der Waals surface area contributed by atoms with Gasteiger partial charge in [-0.15, -0.1) is 0 Å². The van der Waals surface area contributed by atoms with Gasteiger partial charge in [0.25, 0.3) is 0 Å². The summed E-state index contributed by atoms with van der Waals surface area (Å²) in [5.74, 6) is 0.438. The van der Waals surface area contributed by atoms with E-state index in [1.807, 2.05) is 25.1 Å². The fourth-order valence-corrected chi connectivity index (χ4v) is 2.39. The van der Waals surface area contributed by atoms with Crippen molar-refractivity contribution in [1.29, 1.82) is 0 Å². The van der Waals surface area contributed by atoms with E-state index in [0.29, 0.717) is 5.92 Å². The molecule has 0 bridgehead atoms. The second-order valence-electron chi connectivity index (χ2n) is 4.79. The minimum atomic E-state index is 0.126. The Bertz CT molecular complexity index is 460. The van der Waals surface area contributed by atoms with Crippen molar-refractivity contribution >= 4 is 11.5 Å². The van der Waals surface area contributed by atoms with Crippen LogP contribution in [0.5, 0.6) is 0 Å². The van der Waals surface area contributed by atoms with E-state index >= 15 is 0 Å². The average Bonchev–Trinajstić information content (AvgIpc) is 2.86. The van der Waals surface area contributed by atoms with Gasteiger partial charge in [-0.3, -0.25) is 0 Å². The van der Waals surface area contributed by atoms with Gasteiger partial charge < -0.3 is 20.9 Å². The Morgan fingerprint density at radius 3 is 2.94 bits per heavy atom. The molecule has 0 radical (unpaired) electrons.